The molecule has 0 rings (SSSR count). The minimum absolute atomic E-state index is 0.157. The van der Waals surface area contributed by atoms with E-state index in [0.29, 0.717) is 6.42 Å². The fraction of sp³-hybridized carbons (Fsp3) is 1.00. The van der Waals surface area contributed by atoms with Crippen molar-refractivity contribution in [1.82, 2.24) is 0 Å². The van der Waals surface area contributed by atoms with Crippen LogP contribution in [0.4, 0.5) is 0 Å². The maximum Gasteiger partial charge on any atom is 0.212 e. The molecule has 0 N–H and O–H groups in total. The van der Waals surface area contributed by atoms with E-state index in [1.807, 2.05) is 6.92 Å². The average molecular weight is 159 g/mol. The predicted molar refractivity (Wildman–Crippen MR) is 45.2 cm³/mol. The third-order valence-corrected chi connectivity index (χ3v) is 1.91. The molecule has 0 aromatic carbocycles. The Bertz CT molecular complexity index is 115. The smallest absolute Gasteiger partial charge is 0.212 e. The van der Waals surface area contributed by atoms with Crippen molar-refractivity contribution in [3.8, 4) is 0 Å². The van der Waals surface area contributed by atoms with Gasteiger partial charge in [-0.2, -0.15) is 0 Å². The average Bonchev–Trinajstić information content (AvgIpc) is 1.97. The van der Waals surface area contributed by atoms with Crippen LogP contribution in [0.15, 0.2) is 0 Å². The summed E-state index contributed by atoms with van der Waals surface area (Å²) < 4.78 is 0. The maximum absolute atomic E-state index is 10.3. The van der Waals surface area contributed by atoms with Gasteiger partial charge in [0.25, 0.3) is 0 Å². The Morgan fingerprint density at radius 3 is 2.36 bits per heavy atom. The van der Waals surface area contributed by atoms with Crippen molar-refractivity contribution in [2.75, 3.05) is 0 Å². The zero-order valence-corrected chi connectivity index (χ0v) is 7.38. The Kier molecular flexibility index (Phi) is 5.80. The van der Waals surface area contributed by atoms with Crippen LogP contribution in [0.3, 0.4) is 0 Å². The number of rotatable bonds is 6. The molecule has 1 atom stereocenters. The molecule has 0 amide bonds. The summed E-state index contributed by atoms with van der Waals surface area (Å²) in [7, 11) is 0. The van der Waals surface area contributed by atoms with Crippen LogP contribution in [-0.4, -0.2) is 11.0 Å². The summed E-state index contributed by atoms with van der Waals surface area (Å²) >= 11 is 0. The van der Waals surface area contributed by atoms with Gasteiger partial charge < -0.3 is 0 Å². The molecule has 0 aromatic rings. The third kappa shape index (κ3) is 4.76. The molecule has 3 nitrogen and oxygen atoms in total. The lowest BCUT2D eigenvalue weighted by molar-refractivity contribution is -0.523. The zero-order chi connectivity index (χ0) is 8.69. The maximum atomic E-state index is 10.3. The van der Waals surface area contributed by atoms with Crippen LogP contribution in [0.1, 0.15) is 46.0 Å². The largest absolute Gasteiger partial charge is 0.264 e. The van der Waals surface area contributed by atoms with E-state index in [1.54, 1.807) is 0 Å². The van der Waals surface area contributed by atoms with Crippen molar-refractivity contribution >= 4 is 0 Å². The molecule has 66 valence electrons. The van der Waals surface area contributed by atoms with Gasteiger partial charge in [-0.15, -0.1) is 0 Å². The lowest BCUT2D eigenvalue weighted by Crippen LogP contribution is -2.17. The van der Waals surface area contributed by atoms with Gasteiger partial charge in [-0.1, -0.05) is 26.7 Å². The Morgan fingerprint density at radius 1 is 1.36 bits per heavy atom. The standard InChI is InChI=1S/C8H17NO2/c1-3-5-6-7-8(4-2)9(10)11/h8H,3-7H2,1-2H3. The van der Waals surface area contributed by atoms with E-state index in [0.717, 1.165) is 25.7 Å². The van der Waals surface area contributed by atoms with Gasteiger partial charge >= 0.3 is 0 Å². The van der Waals surface area contributed by atoms with E-state index in [4.69, 9.17) is 0 Å². The van der Waals surface area contributed by atoms with E-state index >= 15 is 0 Å². The van der Waals surface area contributed by atoms with Crippen LogP contribution >= 0.6 is 0 Å². The van der Waals surface area contributed by atoms with Crippen LogP contribution in [0.25, 0.3) is 0 Å². The Balaban J connectivity index is 3.44. The molecule has 3 heteroatoms. The first-order chi connectivity index (χ1) is 5.22. The van der Waals surface area contributed by atoms with Crippen molar-refractivity contribution < 1.29 is 4.92 Å². The molecule has 0 aliphatic rings. The fourth-order valence-corrected chi connectivity index (χ4v) is 1.09. The summed E-state index contributed by atoms with van der Waals surface area (Å²) in [6.07, 6.45) is 4.66. The second-order valence-electron chi connectivity index (χ2n) is 2.84. The van der Waals surface area contributed by atoms with E-state index in [2.05, 4.69) is 6.92 Å². The highest BCUT2D eigenvalue weighted by Crippen LogP contribution is 2.08. The van der Waals surface area contributed by atoms with Gasteiger partial charge in [0.1, 0.15) is 0 Å². The Hall–Kier alpha value is -0.600. The molecule has 0 aromatic heterocycles. The highest BCUT2D eigenvalue weighted by Gasteiger charge is 2.15. The fourth-order valence-electron chi connectivity index (χ4n) is 1.09. The minimum Gasteiger partial charge on any atom is -0.264 e. The van der Waals surface area contributed by atoms with Crippen molar-refractivity contribution in [2.24, 2.45) is 0 Å². The van der Waals surface area contributed by atoms with Gasteiger partial charge in [0.2, 0.25) is 6.04 Å². The van der Waals surface area contributed by atoms with Crippen molar-refractivity contribution in [3.63, 3.8) is 0 Å². The van der Waals surface area contributed by atoms with Gasteiger partial charge in [-0.05, 0) is 6.42 Å². The molecule has 11 heavy (non-hydrogen) atoms. The summed E-state index contributed by atoms with van der Waals surface area (Å²) in [5.74, 6) is 0. The van der Waals surface area contributed by atoms with Crippen LogP contribution in [0.2, 0.25) is 0 Å². The molecular formula is C8H17NO2. The van der Waals surface area contributed by atoms with Gasteiger partial charge in [-0.3, -0.25) is 10.1 Å². The normalized spacial score (nSPS) is 12.9. The third-order valence-electron chi connectivity index (χ3n) is 1.91. The number of unbranched alkanes of at least 4 members (excludes halogenated alkanes) is 2. The van der Waals surface area contributed by atoms with Crippen LogP contribution in [0.5, 0.6) is 0 Å². The highest BCUT2D eigenvalue weighted by molar-refractivity contribution is 4.53. The van der Waals surface area contributed by atoms with Gasteiger partial charge in [0.15, 0.2) is 0 Å². The Morgan fingerprint density at radius 2 is 2.00 bits per heavy atom. The first-order valence-electron chi connectivity index (χ1n) is 4.35. The molecule has 0 saturated heterocycles. The van der Waals surface area contributed by atoms with E-state index in [-0.39, 0.29) is 11.0 Å². The summed E-state index contributed by atoms with van der Waals surface area (Å²) in [6, 6.07) is -0.304. The highest BCUT2D eigenvalue weighted by atomic mass is 16.6. The summed E-state index contributed by atoms with van der Waals surface area (Å²) in [5, 5.41) is 10.3. The van der Waals surface area contributed by atoms with Crippen molar-refractivity contribution in [2.45, 2.75) is 52.0 Å². The first-order valence-corrected chi connectivity index (χ1v) is 4.35. The van der Waals surface area contributed by atoms with Crippen molar-refractivity contribution in [3.05, 3.63) is 10.1 Å². The quantitative estimate of drug-likeness (QED) is 0.339. The monoisotopic (exact) mass is 159 g/mol. The second kappa shape index (κ2) is 6.13. The molecule has 0 fully saturated rings. The van der Waals surface area contributed by atoms with Gasteiger partial charge in [0.05, 0.1) is 0 Å². The second-order valence-corrected chi connectivity index (χ2v) is 2.84. The Labute approximate surface area is 67.9 Å². The molecule has 1 unspecified atom stereocenters. The molecule has 0 aliphatic carbocycles. The summed E-state index contributed by atoms with van der Waals surface area (Å²) in [4.78, 5) is 10.2. The zero-order valence-electron chi connectivity index (χ0n) is 7.38. The van der Waals surface area contributed by atoms with E-state index in [9.17, 15) is 10.1 Å². The van der Waals surface area contributed by atoms with E-state index in [1.165, 1.54) is 0 Å². The van der Waals surface area contributed by atoms with Crippen molar-refractivity contribution in [1.29, 1.82) is 0 Å². The minimum atomic E-state index is -0.304. The van der Waals surface area contributed by atoms with Crippen LogP contribution in [-0.2, 0) is 0 Å². The van der Waals surface area contributed by atoms with Gasteiger partial charge in [-0.25, -0.2) is 0 Å². The number of nitrogens with zero attached hydrogens (tertiary/aromatic N) is 1. The predicted octanol–water partition coefficient (Wildman–Crippen LogP) is 2.62. The molecular weight excluding hydrogens is 142 g/mol. The SMILES string of the molecule is CCCCCC(CC)[N+](=O)[O-]. The number of nitro groups is 1. The number of hydrogen-bond donors (Lipinski definition) is 0. The lowest BCUT2D eigenvalue weighted by atomic mass is 10.1. The molecule has 0 aliphatic heterocycles. The van der Waals surface area contributed by atoms with Crippen LogP contribution in [0, 0.1) is 10.1 Å². The summed E-state index contributed by atoms with van der Waals surface area (Å²) in [5.41, 5.74) is 0. The van der Waals surface area contributed by atoms with E-state index < -0.39 is 0 Å². The first kappa shape index (κ1) is 10.4. The molecule has 0 radical (unpaired) electrons. The van der Waals surface area contributed by atoms with Gasteiger partial charge in [0, 0.05) is 17.8 Å². The summed E-state index contributed by atoms with van der Waals surface area (Å²) in [6.45, 7) is 3.98. The molecule has 0 saturated carbocycles. The molecule has 0 spiro atoms. The number of hydrogen-bond acceptors (Lipinski definition) is 2. The lowest BCUT2D eigenvalue weighted by Gasteiger charge is -2.04. The van der Waals surface area contributed by atoms with Crippen LogP contribution < -0.4 is 0 Å². The molecule has 0 bridgehead atoms. The topological polar surface area (TPSA) is 43.1 Å². The molecule has 0 heterocycles.